The predicted molar refractivity (Wildman–Crippen MR) is 103 cm³/mol. The lowest BCUT2D eigenvalue weighted by molar-refractivity contribution is 0.399. The molecule has 0 radical (unpaired) electrons. The van der Waals surface area contributed by atoms with Crippen molar-refractivity contribution in [3.8, 4) is 11.6 Å². The normalized spacial score (nSPS) is 11.7. The summed E-state index contributed by atoms with van der Waals surface area (Å²) in [6.07, 6.45) is 0. The molecule has 1 unspecified atom stereocenters. The third-order valence-corrected chi connectivity index (χ3v) is 6.56. The third-order valence-electron chi connectivity index (χ3n) is 3.70. The number of nitrogens with zero attached hydrogens (tertiary/aromatic N) is 7. The molecule has 1 aromatic carbocycles. The van der Waals surface area contributed by atoms with Crippen LogP contribution < -0.4 is 9.64 Å². The zero-order valence-electron chi connectivity index (χ0n) is 14.4. The van der Waals surface area contributed by atoms with Crippen LogP contribution in [0.3, 0.4) is 0 Å². The summed E-state index contributed by atoms with van der Waals surface area (Å²) in [6.45, 7) is 0. The van der Waals surface area contributed by atoms with Gasteiger partial charge in [0.15, 0.2) is 15.1 Å². The number of rotatable bonds is 5. The fourth-order valence-electron chi connectivity index (χ4n) is 2.34. The van der Waals surface area contributed by atoms with Gasteiger partial charge in [0.05, 0.1) is 18.2 Å². The van der Waals surface area contributed by atoms with Gasteiger partial charge in [0.2, 0.25) is 22.3 Å². The highest BCUT2D eigenvalue weighted by Crippen LogP contribution is 2.38. The molecular weight excluding hydrogens is 370 g/mol. The summed E-state index contributed by atoms with van der Waals surface area (Å²) in [5, 5.41) is 15.8. The molecule has 8 nitrogen and oxygen atoms in total. The van der Waals surface area contributed by atoms with Crippen molar-refractivity contribution in [2.45, 2.75) is 5.16 Å². The molecule has 26 heavy (non-hydrogen) atoms. The van der Waals surface area contributed by atoms with Crippen molar-refractivity contribution in [1.82, 2.24) is 29.6 Å². The second-order valence-electron chi connectivity index (χ2n) is 5.62. The Morgan fingerprint density at radius 1 is 1.12 bits per heavy atom. The van der Waals surface area contributed by atoms with E-state index in [1.807, 2.05) is 55.4 Å². The smallest absolute Gasteiger partial charge is 0.273 e. The Bertz CT molecular complexity index is 1040. The second kappa shape index (κ2) is 6.89. The van der Waals surface area contributed by atoms with Gasteiger partial charge in [-0.1, -0.05) is 5.10 Å². The minimum atomic E-state index is -0.432. The van der Waals surface area contributed by atoms with E-state index in [1.165, 1.54) is 10.8 Å². The lowest BCUT2D eigenvalue weighted by Gasteiger charge is -2.12. The Morgan fingerprint density at radius 3 is 2.65 bits per heavy atom. The Morgan fingerprint density at radius 2 is 1.92 bits per heavy atom. The van der Waals surface area contributed by atoms with Gasteiger partial charge in [-0.25, -0.2) is 0 Å². The van der Waals surface area contributed by atoms with E-state index in [1.54, 1.807) is 11.8 Å². The van der Waals surface area contributed by atoms with E-state index < -0.39 is 9.70 Å². The van der Waals surface area contributed by atoms with Crippen molar-refractivity contribution in [2.75, 3.05) is 26.1 Å². The zero-order chi connectivity index (χ0) is 18.1. The zero-order valence-corrected chi connectivity index (χ0v) is 16.0. The molecule has 132 valence electrons. The third kappa shape index (κ3) is 3.20. The summed E-state index contributed by atoms with van der Waals surface area (Å²) >= 11 is 0. The fourth-order valence-corrected chi connectivity index (χ4v) is 5.18. The van der Waals surface area contributed by atoms with Gasteiger partial charge in [-0.05, 0) is 45.1 Å². The van der Waals surface area contributed by atoms with Crippen LogP contribution in [-0.4, -0.2) is 50.8 Å². The Balaban J connectivity index is 1.63. The molecule has 0 N–H and O–H groups in total. The number of hydrogen-bond donors (Lipinski definition) is 0. The average Bonchev–Trinajstić information content (AvgIpc) is 3.27. The summed E-state index contributed by atoms with van der Waals surface area (Å²) in [6, 6.07) is 11.8. The van der Waals surface area contributed by atoms with E-state index in [2.05, 4.69) is 30.3 Å². The van der Waals surface area contributed by atoms with Crippen LogP contribution in [-0.2, 0) is 0 Å². The predicted octanol–water partition coefficient (Wildman–Crippen LogP) is 2.98. The molecule has 4 rings (SSSR count). The van der Waals surface area contributed by atoms with E-state index >= 15 is 0 Å². The van der Waals surface area contributed by atoms with Gasteiger partial charge in [-0.15, -0.1) is 0 Å². The fraction of sp³-hybridized carbons (Fsp3) is 0.188. The first-order valence-electron chi connectivity index (χ1n) is 7.73. The highest BCUT2D eigenvalue weighted by Gasteiger charge is 2.22. The van der Waals surface area contributed by atoms with Crippen molar-refractivity contribution in [1.29, 1.82) is 0 Å². The first kappa shape index (κ1) is 16.7. The number of fused-ring (bicyclic) bond motifs is 1. The largest absolute Gasteiger partial charge is 0.481 e. The molecule has 0 spiro atoms. The molecule has 0 amide bonds. The van der Waals surface area contributed by atoms with Crippen molar-refractivity contribution < 1.29 is 4.74 Å². The highest BCUT2D eigenvalue weighted by atomic mass is 33.1. The second-order valence-corrected chi connectivity index (χ2v) is 8.65. The SMILES string of the molecule is COc1ccc2c[s+](Sc3nnnn3-c3ccc(N(C)C)cc3)nc2n1. The Kier molecular flexibility index (Phi) is 4.43. The van der Waals surface area contributed by atoms with Crippen LogP contribution in [0.1, 0.15) is 0 Å². The van der Waals surface area contributed by atoms with Crippen LogP contribution in [0.25, 0.3) is 16.7 Å². The number of aromatic nitrogens is 6. The van der Waals surface area contributed by atoms with Crippen LogP contribution in [0.2, 0.25) is 0 Å². The van der Waals surface area contributed by atoms with E-state index in [0.717, 1.165) is 16.8 Å². The molecule has 1 atom stereocenters. The van der Waals surface area contributed by atoms with Crippen LogP contribution >= 0.6 is 20.5 Å². The summed E-state index contributed by atoms with van der Waals surface area (Å²) in [7, 11) is 6.68. The van der Waals surface area contributed by atoms with E-state index in [4.69, 9.17) is 4.74 Å². The summed E-state index contributed by atoms with van der Waals surface area (Å²) in [4.78, 5) is 6.42. The summed E-state index contributed by atoms with van der Waals surface area (Å²) in [5.41, 5.74) is 2.71. The van der Waals surface area contributed by atoms with Gasteiger partial charge < -0.3 is 9.64 Å². The number of ether oxygens (including phenoxy) is 1. The van der Waals surface area contributed by atoms with Crippen LogP contribution in [0.4, 0.5) is 5.69 Å². The first-order chi connectivity index (χ1) is 12.6. The monoisotopic (exact) mass is 386 g/mol. The molecule has 10 heteroatoms. The lowest BCUT2D eigenvalue weighted by atomic mass is 10.3. The topological polar surface area (TPSA) is 81.9 Å². The molecule has 0 fully saturated rings. The molecule has 0 saturated carbocycles. The standard InChI is InChI=1S/C16H16N7OS2/c1-22(2)12-5-7-13(8-6-12)23-16(18-20-21-23)25-26-10-11-4-9-14(24-3)17-15(11)19-26/h4-10H,1-3H3/q+1. The maximum Gasteiger partial charge on any atom is 0.273 e. The van der Waals surface area contributed by atoms with E-state index in [-0.39, 0.29) is 0 Å². The quantitative estimate of drug-likeness (QED) is 0.382. The molecule has 4 aromatic rings. The number of anilines is 1. The minimum Gasteiger partial charge on any atom is -0.481 e. The lowest BCUT2D eigenvalue weighted by Crippen LogP contribution is -2.08. The molecular formula is C16H16N7OS2+. The van der Waals surface area contributed by atoms with Crippen LogP contribution in [0.15, 0.2) is 46.9 Å². The van der Waals surface area contributed by atoms with Gasteiger partial charge in [0, 0.05) is 25.8 Å². The summed E-state index contributed by atoms with van der Waals surface area (Å²) in [5.74, 6) is 0.558. The molecule has 3 heterocycles. The van der Waals surface area contributed by atoms with Gasteiger partial charge in [0.25, 0.3) is 5.16 Å². The maximum absolute atomic E-state index is 5.16. The van der Waals surface area contributed by atoms with Crippen LogP contribution in [0.5, 0.6) is 5.88 Å². The first-order valence-corrected chi connectivity index (χ1v) is 10.3. The molecule has 0 aliphatic carbocycles. The van der Waals surface area contributed by atoms with Gasteiger partial charge in [-0.2, -0.15) is 9.67 Å². The number of hydrogen-bond acceptors (Lipinski definition) is 8. The number of tetrazole rings is 1. The Hall–Kier alpha value is -2.72. The van der Waals surface area contributed by atoms with Gasteiger partial charge in [-0.3, -0.25) is 0 Å². The highest BCUT2D eigenvalue weighted by molar-refractivity contribution is 8.44. The minimum absolute atomic E-state index is 0.432. The summed E-state index contributed by atoms with van der Waals surface area (Å²) < 4.78 is 11.5. The van der Waals surface area contributed by atoms with E-state index in [0.29, 0.717) is 16.7 Å². The van der Waals surface area contributed by atoms with Gasteiger partial charge >= 0.3 is 0 Å². The number of benzene rings is 1. The molecule has 0 aliphatic rings. The molecule has 0 saturated heterocycles. The molecule has 3 aromatic heterocycles. The average molecular weight is 386 g/mol. The van der Waals surface area contributed by atoms with Crippen LogP contribution in [0, 0.1) is 0 Å². The number of pyridine rings is 1. The maximum atomic E-state index is 5.16. The van der Waals surface area contributed by atoms with Gasteiger partial charge in [0.1, 0.15) is 0 Å². The molecule has 0 aliphatic heterocycles. The van der Waals surface area contributed by atoms with Crippen molar-refractivity contribution in [2.24, 2.45) is 0 Å². The van der Waals surface area contributed by atoms with Crippen molar-refractivity contribution in [3.05, 3.63) is 41.8 Å². The molecule has 0 bridgehead atoms. The van der Waals surface area contributed by atoms with E-state index in [9.17, 15) is 0 Å². The van der Waals surface area contributed by atoms with Crippen molar-refractivity contribution >= 4 is 37.2 Å². The number of methoxy groups -OCH3 is 1. The Labute approximate surface area is 156 Å². The van der Waals surface area contributed by atoms with Crippen molar-refractivity contribution in [3.63, 3.8) is 0 Å².